The van der Waals surface area contributed by atoms with Gasteiger partial charge in [0.1, 0.15) is 31.1 Å². The molecule has 142 valence electrons. The summed E-state index contributed by atoms with van der Waals surface area (Å²) in [5, 5.41) is 12.9. The molecule has 0 bridgehead atoms. The van der Waals surface area contributed by atoms with Gasteiger partial charge in [-0.1, -0.05) is 28.1 Å². The molecule has 0 fully saturated rings. The van der Waals surface area contributed by atoms with Gasteiger partial charge in [0, 0.05) is 18.1 Å². The zero-order chi connectivity index (χ0) is 19.1. The molecule has 0 saturated heterocycles. The molecule has 2 N–H and O–H groups in total. The Balaban J connectivity index is 1.51. The summed E-state index contributed by atoms with van der Waals surface area (Å²) in [7, 11) is 1.86. The molecule has 0 aliphatic carbocycles. The maximum atomic E-state index is 5.86. The number of aryl methyl sites for hydroxylation is 1. The minimum Gasteiger partial charge on any atom is -0.492 e. The van der Waals surface area contributed by atoms with E-state index in [1.165, 1.54) is 11.7 Å². The van der Waals surface area contributed by atoms with Crippen LogP contribution in [0.5, 0.6) is 5.75 Å². The van der Waals surface area contributed by atoms with Gasteiger partial charge >= 0.3 is 0 Å². The van der Waals surface area contributed by atoms with Gasteiger partial charge in [0.25, 0.3) is 0 Å². The third kappa shape index (κ3) is 5.43. The van der Waals surface area contributed by atoms with Gasteiger partial charge in [-0.25, -0.2) is 9.98 Å². The normalized spacial score (nSPS) is 11.6. The van der Waals surface area contributed by atoms with Gasteiger partial charge in [-0.2, -0.15) is 5.10 Å². The number of hydrogen-bond acceptors (Lipinski definition) is 4. The molecule has 7 nitrogen and oxygen atoms in total. The maximum Gasteiger partial charge on any atom is 0.191 e. The van der Waals surface area contributed by atoms with Crippen LogP contribution in [0.2, 0.25) is 0 Å². The minimum absolute atomic E-state index is 0.465. The summed E-state index contributed by atoms with van der Waals surface area (Å²) in [5.41, 5.74) is 0. The van der Waals surface area contributed by atoms with Gasteiger partial charge in [-0.05, 0) is 42.0 Å². The Bertz CT molecular complexity index is 923. The third-order valence-electron chi connectivity index (χ3n) is 3.96. The molecule has 27 heavy (non-hydrogen) atoms. The highest BCUT2D eigenvalue weighted by atomic mass is 79.9. The lowest BCUT2D eigenvalue weighted by Crippen LogP contribution is -2.39. The quantitative estimate of drug-likeness (QED) is 0.342. The number of hydrogen-bond donors (Lipinski definition) is 2. The lowest BCUT2D eigenvalue weighted by Gasteiger charge is -2.12. The van der Waals surface area contributed by atoms with Crippen molar-refractivity contribution in [1.29, 1.82) is 0 Å². The number of nitrogens with one attached hydrogen (secondary N) is 2. The smallest absolute Gasteiger partial charge is 0.191 e. The van der Waals surface area contributed by atoms with Crippen molar-refractivity contribution in [3.63, 3.8) is 0 Å². The van der Waals surface area contributed by atoms with E-state index in [1.54, 1.807) is 4.68 Å². The molecule has 0 spiro atoms. The summed E-state index contributed by atoms with van der Waals surface area (Å²) < 4.78 is 8.65. The van der Waals surface area contributed by atoms with Crippen LogP contribution in [0.1, 0.15) is 12.7 Å². The monoisotopic (exact) mass is 430 g/mol. The number of nitrogens with zero attached hydrogens (tertiary/aromatic N) is 4. The summed E-state index contributed by atoms with van der Waals surface area (Å²) in [6, 6.07) is 12.3. The van der Waals surface area contributed by atoms with Crippen molar-refractivity contribution >= 4 is 32.7 Å². The van der Waals surface area contributed by atoms with E-state index in [1.807, 2.05) is 26.1 Å². The van der Waals surface area contributed by atoms with Gasteiger partial charge in [0.05, 0.1) is 6.54 Å². The predicted octanol–water partition coefficient (Wildman–Crippen LogP) is 2.86. The van der Waals surface area contributed by atoms with Crippen LogP contribution in [0.3, 0.4) is 0 Å². The van der Waals surface area contributed by atoms with Gasteiger partial charge in [0.2, 0.25) is 0 Å². The molecular formula is C19H23BrN6O. The van der Waals surface area contributed by atoms with E-state index in [0.717, 1.165) is 33.9 Å². The summed E-state index contributed by atoms with van der Waals surface area (Å²) in [5.74, 6) is 2.39. The Labute approximate surface area is 167 Å². The number of benzene rings is 2. The molecule has 0 saturated carbocycles. The first-order valence-corrected chi connectivity index (χ1v) is 9.62. The fourth-order valence-electron chi connectivity index (χ4n) is 2.58. The number of fused-ring (bicyclic) bond motifs is 1. The van der Waals surface area contributed by atoms with E-state index in [9.17, 15) is 0 Å². The van der Waals surface area contributed by atoms with Crippen LogP contribution < -0.4 is 15.4 Å². The van der Waals surface area contributed by atoms with Gasteiger partial charge in [-0.3, -0.25) is 4.68 Å². The first kappa shape index (κ1) is 19.2. The van der Waals surface area contributed by atoms with Crippen LogP contribution in [0.4, 0.5) is 0 Å². The molecule has 3 rings (SSSR count). The van der Waals surface area contributed by atoms with E-state index in [4.69, 9.17) is 4.74 Å². The number of aromatic nitrogens is 3. The number of guanidine groups is 1. The third-order valence-corrected chi connectivity index (χ3v) is 4.46. The maximum absolute atomic E-state index is 5.86. The SMILES string of the molecule is CCNC(=NCc1ncnn1C)NCCOc1ccc2cc(Br)ccc2c1. The Morgan fingerprint density at radius 3 is 2.78 bits per heavy atom. The van der Waals surface area contributed by atoms with Crippen molar-refractivity contribution < 1.29 is 4.74 Å². The molecule has 3 aromatic rings. The lowest BCUT2D eigenvalue weighted by atomic mass is 10.1. The first-order chi connectivity index (χ1) is 13.2. The highest BCUT2D eigenvalue weighted by Crippen LogP contribution is 2.23. The lowest BCUT2D eigenvalue weighted by molar-refractivity contribution is 0.322. The Kier molecular flexibility index (Phi) is 6.64. The molecule has 0 atom stereocenters. The number of aliphatic imine (C=N–C) groups is 1. The Hall–Kier alpha value is -2.61. The van der Waals surface area contributed by atoms with Crippen LogP contribution >= 0.6 is 15.9 Å². The summed E-state index contributed by atoms with van der Waals surface area (Å²) in [4.78, 5) is 8.70. The Morgan fingerprint density at radius 2 is 2.00 bits per heavy atom. The van der Waals surface area contributed by atoms with Gasteiger partial charge in [0.15, 0.2) is 5.96 Å². The van der Waals surface area contributed by atoms with Crippen molar-refractivity contribution in [3.05, 3.63) is 53.0 Å². The zero-order valence-corrected chi connectivity index (χ0v) is 17.0. The molecule has 0 aliphatic heterocycles. The van der Waals surface area contributed by atoms with Crippen LogP contribution in [-0.2, 0) is 13.6 Å². The standard InChI is InChI=1S/C19H23BrN6O/c1-3-21-19(23-12-18-24-13-25-26(18)2)22-8-9-27-17-7-5-14-10-16(20)6-4-15(14)11-17/h4-7,10-11,13H,3,8-9,12H2,1-2H3,(H2,21,22,23). The average Bonchev–Trinajstić information content (AvgIpc) is 3.08. The first-order valence-electron chi connectivity index (χ1n) is 8.83. The molecular weight excluding hydrogens is 408 g/mol. The number of ether oxygens (including phenoxy) is 1. The molecule has 2 aromatic carbocycles. The fourth-order valence-corrected chi connectivity index (χ4v) is 2.96. The summed E-state index contributed by atoms with van der Waals surface area (Å²) >= 11 is 3.49. The highest BCUT2D eigenvalue weighted by Gasteiger charge is 2.02. The van der Waals surface area contributed by atoms with Gasteiger partial charge in [-0.15, -0.1) is 0 Å². The minimum atomic E-state index is 0.465. The van der Waals surface area contributed by atoms with Gasteiger partial charge < -0.3 is 15.4 Å². The van der Waals surface area contributed by atoms with Crippen LogP contribution in [0.15, 0.2) is 52.2 Å². The molecule has 1 heterocycles. The molecule has 8 heteroatoms. The van der Waals surface area contributed by atoms with E-state index in [0.29, 0.717) is 19.7 Å². The van der Waals surface area contributed by atoms with Crippen molar-refractivity contribution in [3.8, 4) is 5.75 Å². The Morgan fingerprint density at radius 1 is 1.19 bits per heavy atom. The second-order valence-corrected chi connectivity index (χ2v) is 6.84. The van der Waals surface area contributed by atoms with Crippen molar-refractivity contribution in [2.75, 3.05) is 19.7 Å². The topological polar surface area (TPSA) is 76.4 Å². The number of halogens is 1. The largest absolute Gasteiger partial charge is 0.492 e. The second kappa shape index (κ2) is 9.36. The van der Waals surface area contributed by atoms with E-state index >= 15 is 0 Å². The second-order valence-electron chi connectivity index (χ2n) is 5.92. The highest BCUT2D eigenvalue weighted by molar-refractivity contribution is 9.10. The fraction of sp³-hybridized carbons (Fsp3) is 0.316. The molecule has 0 amide bonds. The van der Waals surface area contributed by atoms with E-state index in [2.05, 4.69) is 65.9 Å². The van der Waals surface area contributed by atoms with Crippen LogP contribution in [0.25, 0.3) is 10.8 Å². The van der Waals surface area contributed by atoms with Crippen LogP contribution in [-0.4, -0.2) is 40.4 Å². The number of rotatable bonds is 7. The summed E-state index contributed by atoms with van der Waals surface area (Å²) in [6.45, 7) is 4.46. The van der Waals surface area contributed by atoms with Crippen molar-refractivity contribution in [1.82, 2.24) is 25.4 Å². The van der Waals surface area contributed by atoms with Crippen molar-refractivity contribution in [2.45, 2.75) is 13.5 Å². The van der Waals surface area contributed by atoms with Crippen molar-refractivity contribution in [2.24, 2.45) is 12.0 Å². The van der Waals surface area contributed by atoms with Crippen LogP contribution in [0, 0.1) is 0 Å². The van der Waals surface area contributed by atoms with E-state index < -0.39 is 0 Å². The molecule has 0 radical (unpaired) electrons. The van der Waals surface area contributed by atoms with E-state index in [-0.39, 0.29) is 0 Å². The molecule has 0 unspecified atom stereocenters. The predicted molar refractivity (Wildman–Crippen MR) is 111 cm³/mol. The molecule has 1 aromatic heterocycles. The summed E-state index contributed by atoms with van der Waals surface area (Å²) in [6.07, 6.45) is 1.53. The zero-order valence-electron chi connectivity index (χ0n) is 15.4. The molecule has 0 aliphatic rings. The average molecular weight is 431 g/mol.